The molecule has 0 saturated heterocycles. The van der Waals surface area contributed by atoms with E-state index >= 15 is 0 Å². The summed E-state index contributed by atoms with van der Waals surface area (Å²) in [5.74, 6) is 0.758. The predicted octanol–water partition coefficient (Wildman–Crippen LogP) is 5.84. The van der Waals surface area contributed by atoms with Gasteiger partial charge in [0.1, 0.15) is 16.5 Å². The highest BCUT2D eigenvalue weighted by Gasteiger charge is 2.19. The summed E-state index contributed by atoms with van der Waals surface area (Å²) < 4.78 is 6.17. The molecule has 140 valence electrons. The van der Waals surface area contributed by atoms with Gasteiger partial charge in [0.2, 0.25) is 0 Å². The first-order chi connectivity index (χ1) is 12.7. The third-order valence-corrected chi connectivity index (χ3v) is 5.10. The van der Waals surface area contributed by atoms with E-state index in [1.54, 1.807) is 5.38 Å². The van der Waals surface area contributed by atoms with E-state index < -0.39 is 5.97 Å². The van der Waals surface area contributed by atoms with Crippen LogP contribution in [0.25, 0.3) is 10.6 Å². The van der Waals surface area contributed by atoms with E-state index in [1.165, 1.54) is 11.3 Å². The topological polar surface area (TPSA) is 59.4 Å². The maximum absolute atomic E-state index is 10.8. The molecule has 0 atom stereocenters. The third-order valence-electron chi connectivity index (χ3n) is 4.16. The van der Waals surface area contributed by atoms with Crippen LogP contribution in [0, 0.1) is 6.92 Å². The summed E-state index contributed by atoms with van der Waals surface area (Å²) in [5, 5.41) is 11.5. The number of aromatic nitrogens is 1. The molecule has 1 aromatic heterocycles. The molecule has 1 heterocycles. The van der Waals surface area contributed by atoms with Gasteiger partial charge < -0.3 is 9.84 Å². The molecule has 0 aliphatic heterocycles. The Hall–Kier alpha value is -2.66. The van der Waals surface area contributed by atoms with E-state index in [4.69, 9.17) is 9.84 Å². The molecular formula is C22H23NO3S. The molecule has 0 aliphatic carbocycles. The molecule has 0 amide bonds. The molecule has 0 unspecified atom stereocenters. The van der Waals surface area contributed by atoms with Crippen LogP contribution in [0.1, 0.15) is 37.6 Å². The minimum Gasteiger partial charge on any atom is -0.481 e. The van der Waals surface area contributed by atoms with Crippen LogP contribution in [0.5, 0.6) is 11.5 Å². The maximum Gasteiger partial charge on any atom is 0.309 e. The van der Waals surface area contributed by atoms with E-state index in [0.717, 1.165) is 33.2 Å². The van der Waals surface area contributed by atoms with Crippen LogP contribution >= 0.6 is 11.3 Å². The van der Waals surface area contributed by atoms with E-state index in [-0.39, 0.29) is 11.8 Å². The Balaban J connectivity index is 1.82. The van der Waals surface area contributed by atoms with E-state index in [0.29, 0.717) is 5.69 Å². The van der Waals surface area contributed by atoms with Crippen molar-refractivity contribution in [3.63, 3.8) is 0 Å². The first kappa shape index (κ1) is 19.1. The van der Waals surface area contributed by atoms with Crippen molar-refractivity contribution in [3.8, 4) is 22.1 Å². The van der Waals surface area contributed by atoms with Crippen LogP contribution < -0.4 is 4.74 Å². The molecule has 27 heavy (non-hydrogen) atoms. The summed E-state index contributed by atoms with van der Waals surface area (Å²) in [6, 6.07) is 14.0. The van der Waals surface area contributed by atoms with Gasteiger partial charge in [0.05, 0.1) is 12.1 Å². The van der Waals surface area contributed by atoms with Gasteiger partial charge in [-0.2, -0.15) is 0 Å². The van der Waals surface area contributed by atoms with Crippen molar-refractivity contribution in [3.05, 3.63) is 64.7 Å². The average molecular weight is 381 g/mol. The lowest BCUT2D eigenvalue weighted by Gasteiger charge is -2.23. The number of nitrogens with zero attached hydrogens (tertiary/aromatic N) is 1. The zero-order chi connectivity index (χ0) is 19.6. The SMILES string of the molecule is Cc1ccc(C(C)(C)C)c(Oc2ccc(-c3nc(CC(=O)O)cs3)cc2)c1. The maximum atomic E-state index is 10.8. The second-order valence-corrected chi connectivity index (χ2v) is 8.45. The van der Waals surface area contributed by atoms with Gasteiger partial charge in [-0.15, -0.1) is 11.3 Å². The number of carboxylic acid groups (broad SMARTS) is 1. The molecule has 0 fully saturated rings. The fourth-order valence-corrected chi connectivity index (χ4v) is 3.63. The second kappa shape index (κ2) is 7.53. The number of hydrogen-bond donors (Lipinski definition) is 1. The number of rotatable bonds is 5. The number of aliphatic carboxylic acids is 1. The van der Waals surface area contributed by atoms with Crippen LogP contribution in [-0.4, -0.2) is 16.1 Å². The zero-order valence-corrected chi connectivity index (χ0v) is 16.8. The smallest absolute Gasteiger partial charge is 0.309 e. The predicted molar refractivity (Wildman–Crippen MR) is 109 cm³/mol. The van der Waals surface area contributed by atoms with Gasteiger partial charge in [0.25, 0.3) is 0 Å². The van der Waals surface area contributed by atoms with E-state index in [2.05, 4.69) is 50.9 Å². The fourth-order valence-electron chi connectivity index (χ4n) is 2.80. The first-order valence-electron chi connectivity index (χ1n) is 8.78. The van der Waals surface area contributed by atoms with Gasteiger partial charge >= 0.3 is 5.97 Å². The molecule has 0 spiro atoms. The van der Waals surface area contributed by atoms with Crippen molar-refractivity contribution in [2.24, 2.45) is 0 Å². The summed E-state index contributed by atoms with van der Waals surface area (Å²) in [5.41, 5.74) is 3.84. The molecule has 5 heteroatoms. The van der Waals surface area contributed by atoms with Gasteiger partial charge in [0, 0.05) is 16.5 Å². The highest BCUT2D eigenvalue weighted by atomic mass is 32.1. The molecule has 3 aromatic rings. The highest BCUT2D eigenvalue weighted by Crippen LogP contribution is 2.35. The Labute approximate surface area is 163 Å². The Morgan fingerprint density at radius 2 is 1.85 bits per heavy atom. The van der Waals surface area contributed by atoms with Crippen LogP contribution in [0.3, 0.4) is 0 Å². The van der Waals surface area contributed by atoms with Crippen molar-refractivity contribution in [1.29, 1.82) is 0 Å². The number of ether oxygens (including phenoxy) is 1. The van der Waals surface area contributed by atoms with Crippen LogP contribution in [0.15, 0.2) is 47.8 Å². The number of benzene rings is 2. The Morgan fingerprint density at radius 3 is 2.48 bits per heavy atom. The largest absolute Gasteiger partial charge is 0.481 e. The fraction of sp³-hybridized carbons (Fsp3) is 0.273. The third kappa shape index (κ3) is 4.74. The lowest BCUT2D eigenvalue weighted by Crippen LogP contribution is -2.12. The Kier molecular flexibility index (Phi) is 5.33. The molecule has 1 N–H and O–H groups in total. The normalized spacial score (nSPS) is 11.4. The summed E-state index contributed by atoms with van der Waals surface area (Å²) in [7, 11) is 0. The number of carboxylic acids is 1. The second-order valence-electron chi connectivity index (χ2n) is 7.59. The van der Waals surface area contributed by atoms with Gasteiger partial charge in [-0.3, -0.25) is 4.79 Å². The van der Waals surface area contributed by atoms with Gasteiger partial charge in [-0.25, -0.2) is 4.98 Å². The van der Waals surface area contributed by atoms with Crippen molar-refractivity contribution in [2.45, 2.75) is 39.5 Å². The average Bonchev–Trinajstić information content (AvgIpc) is 3.02. The molecule has 4 nitrogen and oxygen atoms in total. The first-order valence-corrected chi connectivity index (χ1v) is 9.66. The molecule has 0 aliphatic rings. The summed E-state index contributed by atoms with van der Waals surface area (Å²) in [6.45, 7) is 8.57. The monoisotopic (exact) mass is 381 g/mol. The van der Waals surface area contributed by atoms with Crippen LogP contribution in [-0.2, 0) is 16.6 Å². The molecule has 0 radical (unpaired) electrons. The number of carbonyl (C=O) groups is 1. The molecule has 2 aromatic carbocycles. The van der Waals surface area contributed by atoms with Gasteiger partial charge in [-0.05, 0) is 48.2 Å². The molecule has 3 rings (SSSR count). The summed E-state index contributed by atoms with van der Waals surface area (Å²) in [4.78, 5) is 15.2. The summed E-state index contributed by atoms with van der Waals surface area (Å²) >= 11 is 1.45. The number of aryl methyl sites for hydroxylation is 1. The van der Waals surface area contributed by atoms with Crippen molar-refractivity contribution in [2.75, 3.05) is 0 Å². The van der Waals surface area contributed by atoms with Crippen molar-refractivity contribution >= 4 is 17.3 Å². The van der Waals surface area contributed by atoms with Gasteiger partial charge in [-0.1, -0.05) is 32.9 Å². The van der Waals surface area contributed by atoms with Crippen molar-refractivity contribution in [1.82, 2.24) is 4.98 Å². The number of hydrogen-bond acceptors (Lipinski definition) is 4. The molecule has 0 saturated carbocycles. The minimum absolute atomic E-state index is 0.00952. The summed E-state index contributed by atoms with van der Waals surface area (Å²) in [6.07, 6.45) is -0.0549. The van der Waals surface area contributed by atoms with Crippen LogP contribution in [0.2, 0.25) is 0 Å². The van der Waals surface area contributed by atoms with Crippen LogP contribution in [0.4, 0.5) is 0 Å². The highest BCUT2D eigenvalue weighted by molar-refractivity contribution is 7.13. The van der Waals surface area contributed by atoms with Gasteiger partial charge in [0.15, 0.2) is 0 Å². The number of thiazole rings is 1. The Bertz CT molecular complexity index is 952. The lowest BCUT2D eigenvalue weighted by atomic mass is 9.86. The standard InChI is InChI=1S/C22H23NO3S/c1-14-5-10-18(22(2,3)4)19(11-14)26-17-8-6-15(7-9-17)21-23-16(13-27-21)12-20(24)25/h5-11,13H,12H2,1-4H3,(H,24,25). The van der Waals surface area contributed by atoms with Crippen molar-refractivity contribution < 1.29 is 14.6 Å². The quantitative estimate of drug-likeness (QED) is 0.603. The Morgan fingerprint density at radius 1 is 1.15 bits per heavy atom. The molecule has 0 bridgehead atoms. The molecular weight excluding hydrogens is 358 g/mol. The zero-order valence-electron chi connectivity index (χ0n) is 15.9. The lowest BCUT2D eigenvalue weighted by molar-refractivity contribution is -0.136. The van der Waals surface area contributed by atoms with E-state index in [1.807, 2.05) is 24.3 Å². The van der Waals surface area contributed by atoms with E-state index in [9.17, 15) is 4.79 Å². The minimum atomic E-state index is -0.872.